The van der Waals surface area contributed by atoms with Crippen LogP contribution in [-0.2, 0) is 6.18 Å². The minimum absolute atomic E-state index is 0.0289. The Bertz CT molecular complexity index is 1380. The second kappa shape index (κ2) is 6.60. The number of pyridine rings is 1. The van der Waals surface area contributed by atoms with Gasteiger partial charge in [-0.2, -0.15) is 18.4 Å². The number of nitrogen functional groups attached to an aromatic ring is 1. The van der Waals surface area contributed by atoms with Crippen LogP contribution in [0.5, 0.6) is 5.75 Å². The third kappa shape index (κ3) is 2.69. The molecular weight excluding hydrogens is 415 g/mol. The van der Waals surface area contributed by atoms with Gasteiger partial charge in [-0.15, -0.1) is 11.3 Å². The van der Waals surface area contributed by atoms with Crippen molar-refractivity contribution in [1.82, 2.24) is 14.5 Å². The molecule has 0 amide bonds. The lowest BCUT2D eigenvalue weighted by Crippen LogP contribution is -2.10. The summed E-state index contributed by atoms with van der Waals surface area (Å²) in [4.78, 5) is 7.92. The van der Waals surface area contributed by atoms with Gasteiger partial charge in [-0.25, -0.2) is 9.97 Å². The van der Waals surface area contributed by atoms with Gasteiger partial charge in [0.05, 0.1) is 33.4 Å². The van der Waals surface area contributed by atoms with Crippen LogP contribution < -0.4 is 10.5 Å². The van der Waals surface area contributed by atoms with Gasteiger partial charge < -0.3 is 10.5 Å². The molecule has 0 bridgehead atoms. The minimum Gasteiger partial charge on any atom is -0.496 e. The molecule has 0 spiro atoms. The zero-order valence-corrected chi connectivity index (χ0v) is 17.3. The van der Waals surface area contributed by atoms with Crippen LogP contribution in [-0.4, -0.2) is 21.6 Å². The number of nitrogens with two attached hydrogens (primary N) is 1. The molecule has 0 aliphatic heterocycles. The van der Waals surface area contributed by atoms with Gasteiger partial charge in [0.25, 0.3) is 0 Å². The molecule has 154 valence electrons. The summed E-state index contributed by atoms with van der Waals surface area (Å²) in [5.74, 6) is 0.468. The van der Waals surface area contributed by atoms with Crippen molar-refractivity contribution in [2.75, 3.05) is 12.8 Å². The monoisotopic (exact) mass is 431 g/mol. The summed E-state index contributed by atoms with van der Waals surface area (Å²) < 4.78 is 49.1. The first-order chi connectivity index (χ1) is 14.1. The first-order valence-corrected chi connectivity index (χ1v) is 9.64. The highest BCUT2D eigenvalue weighted by Gasteiger charge is 2.39. The van der Waals surface area contributed by atoms with Crippen LogP contribution in [0.2, 0.25) is 0 Å². The van der Waals surface area contributed by atoms with E-state index in [9.17, 15) is 18.4 Å². The highest BCUT2D eigenvalue weighted by molar-refractivity contribution is 7.19. The van der Waals surface area contributed by atoms with Gasteiger partial charge in [0.1, 0.15) is 23.2 Å². The Morgan fingerprint density at radius 2 is 1.90 bits per heavy atom. The standard InChI is InChI=1S/C20H16F3N5OS/c1-8-5-6-12(29-4)9(2)14(8)28-15-13(11(7-24)18(28)25)17(20(21,22)23)27-19-16(15)30-10(3)26-19/h5-6H,25H2,1-4H3. The maximum Gasteiger partial charge on any atom is 0.434 e. The molecule has 10 heteroatoms. The first kappa shape index (κ1) is 20.0. The van der Waals surface area contributed by atoms with Crippen LogP contribution in [0, 0.1) is 32.1 Å². The van der Waals surface area contributed by atoms with Crippen molar-refractivity contribution >= 4 is 38.4 Å². The molecule has 0 aliphatic carbocycles. The normalized spacial score (nSPS) is 11.9. The Labute approximate surface area is 173 Å². The van der Waals surface area contributed by atoms with Crippen molar-refractivity contribution in [3.05, 3.63) is 39.5 Å². The molecule has 6 nitrogen and oxygen atoms in total. The van der Waals surface area contributed by atoms with Crippen LogP contribution in [0.4, 0.5) is 19.0 Å². The van der Waals surface area contributed by atoms with Crippen LogP contribution in [0.3, 0.4) is 0 Å². The maximum absolute atomic E-state index is 13.9. The predicted octanol–water partition coefficient (Wildman–Crippen LogP) is 5.04. The van der Waals surface area contributed by atoms with Crippen LogP contribution in [0.25, 0.3) is 26.9 Å². The number of hydrogen-bond acceptors (Lipinski definition) is 6. The van der Waals surface area contributed by atoms with Crippen molar-refractivity contribution in [2.45, 2.75) is 26.9 Å². The van der Waals surface area contributed by atoms with Gasteiger partial charge in [0.2, 0.25) is 0 Å². The van der Waals surface area contributed by atoms with Gasteiger partial charge in [-0.1, -0.05) is 6.07 Å². The summed E-state index contributed by atoms with van der Waals surface area (Å²) in [7, 11) is 1.51. The second-order valence-corrected chi connectivity index (χ2v) is 8.04. The van der Waals surface area contributed by atoms with E-state index in [1.165, 1.54) is 23.0 Å². The third-order valence-electron chi connectivity index (χ3n) is 5.00. The zero-order chi connectivity index (χ0) is 22.0. The molecular formula is C20H16F3N5OS. The molecule has 4 rings (SSSR count). The summed E-state index contributed by atoms with van der Waals surface area (Å²) in [5.41, 5.74) is 7.01. The number of thiazole rings is 1. The van der Waals surface area contributed by atoms with E-state index in [4.69, 9.17) is 10.5 Å². The molecule has 0 radical (unpaired) electrons. The summed E-state index contributed by atoms with van der Waals surface area (Å²) in [6.07, 6.45) is -4.79. The van der Waals surface area contributed by atoms with E-state index in [1.807, 2.05) is 13.0 Å². The lowest BCUT2D eigenvalue weighted by molar-refractivity contribution is -0.139. The molecule has 0 saturated carbocycles. The number of fused-ring (bicyclic) bond motifs is 3. The predicted molar refractivity (Wildman–Crippen MR) is 109 cm³/mol. The highest BCUT2D eigenvalue weighted by atomic mass is 32.1. The van der Waals surface area contributed by atoms with E-state index in [-0.39, 0.29) is 27.9 Å². The van der Waals surface area contributed by atoms with E-state index < -0.39 is 11.9 Å². The summed E-state index contributed by atoms with van der Waals surface area (Å²) >= 11 is 1.21. The number of aryl methyl sites for hydroxylation is 2. The Balaban J connectivity index is 2.34. The van der Waals surface area contributed by atoms with Crippen molar-refractivity contribution in [2.24, 2.45) is 0 Å². The van der Waals surface area contributed by atoms with Crippen molar-refractivity contribution in [1.29, 1.82) is 5.26 Å². The number of halogens is 3. The third-order valence-corrected chi connectivity index (χ3v) is 5.97. The second-order valence-electron chi connectivity index (χ2n) is 6.83. The van der Waals surface area contributed by atoms with Crippen molar-refractivity contribution < 1.29 is 17.9 Å². The van der Waals surface area contributed by atoms with E-state index in [0.717, 1.165) is 5.56 Å². The lowest BCUT2D eigenvalue weighted by atomic mass is 10.1. The topological polar surface area (TPSA) is 89.8 Å². The van der Waals surface area contributed by atoms with Crippen LogP contribution in [0.15, 0.2) is 12.1 Å². The van der Waals surface area contributed by atoms with Crippen LogP contribution in [0.1, 0.15) is 27.4 Å². The number of alkyl halides is 3. The van der Waals surface area contributed by atoms with Crippen LogP contribution >= 0.6 is 11.3 Å². The highest BCUT2D eigenvalue weighted by Crippen LogP contribution is 2.45. The molecule has 0 saturated heterocycles. The SMILES string of the molecule is COc1ccc(C)c(-n2c(N)c(C#N)c3c(C(F)(F)F)nc4nc(C)sc4c32)c1C. The average molecular weight is 431 g/mol. The molecule has 0 unspecified atom stereocenters. The Kier molecular flexibility index (Phi) is 4.39. The number of nitrogens with zero attached hydrogens (tertiary/aromatic N) is 4. The molecule has 0 atom stereocenters. The Hall–Kier alpha value is -3.32. The van der Waals surface area contributed by atoms with Gasteiger partial charge >= 0.3 is 6.18 Å². The molecule has 0 aliphatic rings. The van der Waals surface area contributed by atoms with Crippen molar-refractivity contribution in [3.63, 3.8) is 0 Å². The number of aromatic nitrogens is 3. The number of anilines is 1. The number of benzene rings is 1. The minimum atomic E-state index is -4.79. The van der Waals surface area contributed by atoms with Gasteiger partial charge in [0.15, 0.2) is 11.3 Å². The average Bonchev–Trinajstić information content (AvgIpc) is 3.17. The van der Waals surface area contributed by atoms with E-state index >= 15 is 0 Å². The maximum atomic E-state index is 13.9. The van der Waals surface area contributed by atoms with Gasteiger partial charge in [-0.05, 0) is 32.4 Å². The van der Waals surface area contributed by atoms with Gasteiger partial charge in [-0.3, -0.25) is 4.57 Å². The molecule has 3 aromatic heterocycles. The molecule has 0 fully saturated rings. The van der Waals surface area contributed by atoms with Crippen molar-refractivity contribution in [3.8, 4) is 17.5 Å². The molecule has 3 heterocycles. The molecule has 2 N–H and O–H groups in total. The summed E-state index contributed by atoms with van der Waals surface area (Å²) in [6.45, 7) is 5.30. The van der Waals surface area contributed by atoms with E-state index in [2.05, 4.69) is 9.97 Å². The Morgan fingerprint density at radius 3 is 2.50 bits per heavy atom. The quantitative estimate of drug-likeness (QED) is 0.480. The largest absolute Gasteiger partial charge is 0.496 e. The van der Waals surface area contributed by atoms with E-state index in [0.29, 0.717) is 26.7 Å². The fourth-order valence-electron chi connectivity index (χ4n) is 3.78. The fraction of sp³-hybridized carbons (Fsp3) is 0.250. The smallest absolute Gasteiger partial charge is 0.434 e. The molecule has 4 aromatic rings. The van der Waals surface area contributed by atoms with Gasteiger partial charge in [0, 0.05) is 5.56 Å². The number of ether oxygens (including phenoxy) is 1. The number of rotatable bonds is 2. The first-order valence-electron chi connectivity index (χ1n) is 8.83. The number of hydrogen-bond donors (Lipinski definition) is 1. The Morgan fingerprint density at radius 1 is 1.20 bits per heavy atom. The zero-order valence-electron chi connectivity index (χ0n) is 16.5. The van der Waals surface area contributed by atoms with E-state index in [1.54, 1.807) is 26.0 Å². The summed E-state index contributed by atoms with van der Waals surface area (Å²) in [6, 6.07) is 5.41. The summed E-state index contributed by atoms with van der Waals surface area (Å²) in [5, 5.41) is 9.95. The molecule has 30 heavy (non-hydrogen) atoms. The fourth-order valence-corrected chi connectivity index (χ4v) is 4.68. The lowest BCUT2D eigenvalue weighted by Gasteiger charge is -2.17. The number of methoxy groups -OCH3 is 1. The molecule has 1 aromatic carbocycles. The number of nitriles is 1.